The third kappa shape index (κ3) is 6.04. The molecule has 2 aromatic carbocycles. The molecule has 2 unspecified atom stereocenters. The zero-order chi connectivity index (χ0) is 24.0. The minimum absolute atomic E-state index is 0.0502. The van der Waals surface area contributed by atoms with Gasteiger partial charge in [-0.05, 0) is 42.2 Å². The van der Waals surface area contributed by atoms with Crippen LogP contribution in [0.5, 0.6) is 0 Å². The van der Waals surface area contributed by atoms with Gasteiger partial charge in [0.1, 0.15) is 6.61 Å². The van der Waals surface area contributed by atoms with E-state index in [2.05, 4.69) is 34.5 Å². The van der Waals surface area contributed by atoms with E-state index >= 15 is 0 Å². The third-order valence-corrected chi connectivity index (χ3v) is 8.00. The Morgan fingerprint density at radius 2 is 1.51 bits per heavy atom. The Hall–Kier alpha value is -2.86. The van der Waals surface area contributed by atoms with Crippen molar-refractivity contribution in [1.29, 1.82) is 0 Å². The van der Waals surface area contributed by atoms with Crippen molar-refractivity contribution >= 4 is 12.0 Å². The Morgan fingerprint density at radius 1 is 0.886 bits per heavy atom. The van der Waals surface area contributed by atoms with Crippen LogP contribution in [0.1, 0.15) is 49.3 Å². The molecule has 3 fully saturated rings. The number of hydrogen-bond donors (Lipinski definition) is 1. The molecule has 2 amide bonds. The quantitative estimate of drug-likeness (QED) is 0.605. The smallest absolute Gasteiger partial charge is 0.410 e. The first-order chi connectivity index (χ1) is 17.2. The van der Waals surface area contributed by atoms with Crippen molar-refractivity contribution < 1.29 is 14.3 Å². The van der Waals surface area contributed by atoms with Gasteiger partial charge in [-0.3, -0.25) is 4.79 Å². The second kappa shape index (κ2) is 11.3. The Balaban J connectivity index is 1.10. The summed E-state index contributed by atoms with van der Waals surface area (Å²) >= 11 is 0. The van der Waals surface area contributed by atoms with Crippen LogP contribution >= 0.6 is 0 Å². The van der Waals surface area contributed by atoms with E-state index in [1.807, 2.05) is 41.3 Å². The Labute approximate surface area is 208 Å². The fraction of sp³-hybridized carbons (Fsp3) is 0.517. The van der Waals surface area contributed by atoms with Crippen LogP contribution in [-0.4, -0.2) is 54.5 Å². The number of carbonyl (C=O) groups excluding carboxylic acids is 2. The molecule has 2 saturated heterocycles. The summed E-state index contributed by atoms with van der Waals surface area (Å²) in [6, 6.07) is 20.3. The highest BCUT2D eigenvalue weighted by atomic mass is 16.6. The zero-order valence-corrected chi connectivity index (χ0v) is 20.5. The van der Waals surface area contributed by atoms with Crippen molar-refractivity contribution in [3.63, 3.8) is 0 Å². The molecule has 0 bridgehead atoms. The fourth-order valence-electron chi connectivity index (χ4n) is 6.03. The average Bonchev–Trinajstić information content (AvgIpc) is 3.63. The first-order valence-corrected chi connectivity index (χ1v) is 13.2. The molecule has 1 aliphatic carbocycles. The second-order valence-electron chi connectivity index (χ2n) is 10.5. The predicted octanol–water partition coefficient (Wildman–Crippen LogP) is 4.62. The van der Waals surface area contributed by atoms with Crippen molar-refractivity contribution in [2.75, 3.05) is 32.7 Å². The number of ether oxygens (including phenoxy) is 1. The highest BCUT2D eigenvalue weighted by Crippen LogP contribution is 2.32. The van der Waals surface area contributed by atoms with Gasteiger partial charge in [-0.25, -0.2) is 4.79 Å². The molecule has 2 aromatic rings. The van der Waals surface area contributed by atoms with Gasteiger partial charge >= 0.3 is 6.09 Å². The standard InChI is InChI=1S/C29H37N3O3/c33-28(24-13-7-8-14-24)30-27(23-11-5-2-6-12-23)15-16-31-17-25-19-32(20-26(25)18-31)29(34)35-21-22-9-3-1-4-10-22/h1-6,9-12,24-27H,7-8,13-21H2,(H,30,33)/t25?,26?,27-/m0/s1. The number of rotatable bonds is 8. The lowest BCUT2D eigenvalue weighted by Crippen LogP contribution is -2.36. The monoisotopic (exact) mass is 475 g/mol. The zero-order valence-electron chi connectivity index (χ0n) is 20.5. The summed E-state index contributed by atoms with van der Waals surface area (Å²) < 4.78 is 5.54. The summed E-state index contributed by atoms with van der Waals surface area (Å²) in [6.07, 6.45) is 5.09. The molecule has 35 heavy (non-hydrogen) atoms. The molecule has 186 valence electrons. The maximum absolute atomic E-state index is 12.9. The van der Waals surface area contributed by atoms with Crippen LogP contribution in [0.15, 0.2) is 60.7 Å². The molecule has 0 spiro atoms. The van der Waals surface area contributed by atoms with Crippen molar-refractivity contribution in [1.82, 2.24) is 15.1 Å². The molecule has 1 N–H and O–H groups in total. The lowest BCUT2D eigenvalue weighted by molar-refractivity contribution is -0.125. The number of fused-ring (bicyclic) bond motifs is 1. The number of nitrogens with zero attached hydrogens (tertiary/aromatic N) is 2. The number of nitrogens with one attached hydrogen (secondary N) is 1. The molecular weight excluding hydrogens is 438 g/mol. The highest BCUT2D eigenvalue weighted by Gasteiger charge is 2.42. The van der Waals surface area contributed by atoms with Crippen LogP contribution < -0.4 is 5.32 Å². The van der Waals surface area contributed by atoms with Crippen LogP contribution in [0.3, 0.4) is 0 Å². The molecule has 1 saturated carbocycles. The lowest BCUT2D eigenvalue weighted by atomic mass is 10.0. The summed E-state index contributed by atoms with van der Waals surface area (Å²) in [4.78, 5) is 29.8. The number of likely N-dealkylation sites (tertiary alicyclic amines) is 2. The third-order valence-electron chi connectivity index (χ3n) is 8.00. The van der Waals surface area contributed by atoms with Gasteiger partial charge in [0, 0.05) is 38.6 Å². The molecular formula is C29H37N3O3. The molecule has 6 nitrogen and oxygen atoms in total. The summed E-state index contributed by atoms with van der Waals surface area (Å²) in [7, 11) is 0. The van der Waals surface area contributed by atoms with E-state index in [9.17, 15) is 9.59 Å². The molecule has 2 heterocycles. The van der Waals surface area contributed by atoms with E-state index in [1.54, 1.807) is 0 Å². The van der Waals surface area contributed by atoms with Crippen molar-refractivity contribution in [2.45, 2.75) is 44.8 Å². The summed E-state index contributed by atoms with van der Waals surface area (Å²) in [5.74, 6) is 1.41. The van der Waals surface area contributed by atoms with Gasteiger partial charge < -0.3 is 19.9 Å². The van der Waals surface area contributed by atoms with Crippen molar-refractivity contribution in [2.24, 2.45) is 17.8 Å². The van der Waals surface area contributed by atoms with E-state index in [4.69, 9.17) is 4.74 Å². The molecule has 3 aliphatic rings. The average molecular weight is 476 g/mol. The molecule has 2 aliphatic heterocycles. The van der Waals surface area contributed by atoms with E-state index in [0.717, 1.165) is 57.5 Å². The van der Waals surface area contributed by atoms with Gasteiger partial charge in [-0.1, -0.05) is 73.5 Å². The van der Waals surface area contributed by atoms with Crippen LogP contribution in [0.2, 0.25) is 0 Å². The van der Waals surface area contributed by atoms with Crippen LogP contribution in [-0.2, 0) is 16.1 Å². The Kier molecular flexibility index (Phi) is 7.67. The first-order valence-electron chi connectivity index (χ1n) is 13.2. The van der Waals surface area contributed by atoms with Gasteiger partial charge in [0.2, 0.25) is 5.91 Å². The van der Waals surface area contributed by atoms with Crippen LogP contribution in [0.25, 0.3) is 0 Å². The minimum atomic E-state index is -0.200. The molecule has 5 rings (SSSR count). The van der Waals surface area contributed by atoms with E-state index in [-0.39, 0.29) is 24.0 Å². The molecule has 0 radical (unpaired) electrons. The largest absolute Gasteiger partial charge is 0.445 e. The van der Waals surface area contributed by atoms with Gasteiger partial charge in [0.25, 0.3) is 0 Å². The summed E-state index contributed by atoms with van der Waals surface area (Å²) in [5.41, 5.74) is 2.20. The highest BCUT2D eigenvalue weighted by molar-refractivity contribution is 5.79. The van der Waals surface area contributed by atoms with E-state index in [0.29, 0.717) is 18.4 Å². The van der Waals surface area contributed by atoms with Gasteiger partial charge in [0.15, 0.2) is 0 Å². The Morgan fingerprint density at radius 3 is 2.17 bits per heavy atom. The number of amides is 2. The van der Waals surface area contributed by atoms with E-state index < -0.39 is 0 Å². The topological polar surface area (TPSA) is 61.9 Å². The summed E-state index contributed by atoms with van der Waals surface area (Å²) in [5, 5.41) is 3.36. The van der Waals surface area contributed by atoms with Gasteiger partial charge in [-0.15, -0.1) is 0 Å². The van der Waals surface area contributed by atoms with Crippen molar-refractivity contribution in [3.05, 3.63) is 71.8 Å². The number of hydrogen-bond acceptors (Lipinski definition) is 4. The van der Waals surface area contributed by atoms with E-state index in [1.165, 1.54) is 18.4 Å². The van der Waals surface area contributed by atoms with Crippen LogP contribution in [0.4, 0.5) is 4.79 Å². The molecule has 0 aromatic heterocycles. The first kappa shape index (κ1) is 23.9. The second-order valence-corrected chi connectivity index (χ2v) is 10.5. The van der Waals surface area contributed by atoms with Gasteiger partial charge in [0.05, 0.1) is 6.04 Å². The lowest BCUT2D eigenvalue weighted by Gasteiger charge is -2.25. The molecule has 3 atom stereocenters. The predicted molar refractivity (Wildman–Crippen MR) is 136 cm³/mol. The normalized spacial score (nSPS) is 23.3. The molecule has 6 heteroatoms. The van der Waals surface area contributed by atoms with Crippen molar-refractivity contribution in [3.8, 4) is 0 Å². The SMILES string of the molecule is O=C(N[C@@H](CCN1CC2CN(C(=O)OCc3ccccc3)CC2C1)c1ccccc1)C1CCCC1. The van der Waals surface area contributed by atoms with Crippen LogP contribution in [0, 0.1) is 17.8 Å². The Bertz CT molecular complexity index is 963. The fourth-order valence-corrected chi connectivity index (χ4v) is 6.03. The maximum Gasteiger partial charge on any atom is 0.410 e. The summed E-state index contributed by atoms with van der Waals surface area (Å²) in [6.45, 7) is 4.84. The van der Waals surface area contributed by atoms with Gasteiger partial charge in [-0.2, -0.15) is 0 Å². The minimum Gasteiger partial charge on any atom is -0.445 e. The maximum atomic E-state index is 12.9. The number of carbonyl (C=O) groups is 2. The number of benzene rings is 2.